The van der Waals surface area contributed by atoms with Gasteiger partial charge in [0.25, 0.3) is 5.56 Å². The van der Waals surface area contributed by atoms with Crippen molar-refractivity contribution in [2.75, 3.05) is 0 Å². The fraction of sp³-hybridized carbons (Fsp3) is 0.105. The van der Waals surface area contributed by atoms with Gasteiger partial charge in [-0.25, -0.2) is 9.18 Å². The molecule has 0 fully saturated rings. The molecule has 1 aromatic heterocycles. The number of H-pyrrole nitrogens is 1. The lowest BCUT2D eigenvalue weighted by atomic mass is 10.1. The predicted octanol–water partition coefficient (Wildman–Crippen LogP) is 2.88. The van der Waals surface area contributed by atoms with Crippen LogP contribution < -0.4 is 10.9 Å². The van der Waals surface area contributed by atoms with Gasteiger partial charge in [0.05, 0.1) is 11.9 Å². The standard InChI is InChI=1S/C19H14ClFN2O4/c20-13-5-11-7-14(19(26)27)18(25)23-17(11)12(6-13)9-22-16(24)8-10-3-1-2-4-15(10)21/h1-7H,8-9H2,(H,22,24)(H,23,25)(H,26,27). The first kappa shape index (κ1) is 18.6. The van der Waals surface area contributed by atoms with E-state index >= 15 is 0 Å². The topological polar surface area (TPSA) is 99.3 Å². The van der Waals surface area contributed by atoms with Crippen LogP contribution in [0.3, 0.4) is 0 Å². The van der Waals surface area contributed by atoms with Gasteiger partial charge in [0, 0.05) is 17.0 Å². The molecule has 3 N–H and O–H groups in total. The molecule has 0 aliphatic carbocycles. The van der Waals surface area contributed by atoms with Gasteiger partial charge in [0.15, 0.2) is 0 Å². The lowest BCUT2D eigenvalue weighted by molar-refractivity contribution is -0.120. The van der Waals surface area contributed by atoms with E-state index in [4.69, 9.17) is 16.7 Å². The van der Waals surface area contributed by atoms with Crippen LogP contribution in [0.15, 0.2) is 47.3 Å². The smallest absolute Gasteiger partial charge is 0.341 e. The van der Waals surface area contributed by atoms with E-state index < -0.39 is 28.8 Å². The first-order chi connectivity index (χ1) is 12.8. The molecule has 0 radical (unpaired) electrons. The molecule has 0 saturated heterocycles. The van der Waals surface area contributed by atoms with Gasteiger partial charge in [-0.2, -0.15) is 0 Å². The molecule has 3 aromatic rings. The maximum Gasteiger partial charge on any atom is 0.341 e. The first-order valence-corrected chi connectivity index (χ1v) is 8.32. The maximum atomic E-state index is 13.6. The summed E-state index contributed by atoms with van der Waals surface area (Å²) in [5.74, 6) is -2.22. The SMILES string of the molecule is O=C(Cc1ccccc1F)NCc1cc(Cl)cc2cc(C(=O)O)c(=O)[nH]c12. The molecule has 1 heterocycles. The minimum Gasteiger partial charge on any atom is -0.477 e. The molecule has 0 aliphatic rings. The average molecular weight is 389 g/mol. The Bertz CT molecular complexity index is 1110. The molecule has 6 nitrogen and oxygen atoms in total. The van der Waals surface area contributed by atoms with Crippen molar-refractivity contribution < 1.29 is 19.1 Å². The largest absolute Gasteiger partial charge is 0.477 e. The summed E-state index contributed by atoms with van der Waals surface area (Å²) >= 11 is 6.06. The number of carboxylic acids is 1. The molecule has 0 aliphatic heterocycles. The van der Waals surface area contributed by atoms with Crippen LogP contribution in [0.25, 0.3) is 10.9 Å². The highest BCUT2D eigenvalue weighted by atomic mass is 35.5. The molecule has 1 amide bonds. The Kier molecular flexibility index (Phi) is 5.23. The zero-order chi connectivity index (χ0) is 19.6. The highest BCUT2D eigenvalue weighted by Crippen LogP contribution is 2.22. The summed E-state index contributed by atoms with van der Waals surface area (Å²) in [5.41, 5.74) is -0.00460. The van der Waals surface area contributed by atoms with Crippen LogP contribution in [0.2, 0.25) is 5.02 Å². The maximum absolute atomic E-state index is 13.6. The van der Waals surface area contributed by atoms with Crippen molar-refractivity contribution in [3.63, 3.8) is 0 Å². The van der Waals surface area contributed by atoms with Crippen molar-refractivity contribution in [2.24, 2.45) is 0 Å². The van der Waals surface area contributed by atoms with Crippen LogP contribution in [0.5, 0.6) is 0 Å². The molecule has 27 heavy (non-hydrogen) atoms. The Morgan fingerprint density at radius 2 is 1.89 bits per heavy atom. The van der Waals surface area contributed by atoms with Crippen molar-refractivity contribution in [3.8, 4) is 0 Å². The molecule has 8 heteroatoms. The highest BCUT2D eigenvalue weighted by Gasteiger charge is 2.14. The van der Waals surface area contributed by atoms with Gasteiger partial charge in [-0.05, 0) is 35.4 Å². The number of aromatic amines is 1. The normalized spacial score (nSPS) is 10.7. The first-order valence-electron chi connectivity index (χ1n) is 7.94. The molecule has 0 spiro atoms. The Hall–Kier alpha value is -3.19. The second kappa shape index (κ2) is 7.59. The van der Waals surface area contributed by atoms with Crippen LogP contribution in [-0.4, -0.2) is 22.0 Å². The third-order valence-corrected chi connectivity index (χ3v) is 4.23. The molecule has 0 saturated carbocycles. The van der Waals surface area contributed by atoms with Gasteiger partial charge < -0.3 is 15.4 Å². The summed E-state index contributed by atoms with van der Waals surface area (Å²) in [6.45, 7) is 0.0344. The minimum absolute atomic E-state index is 0.0344. The van der Waals surface area contributed by atoms with E-state index in [1.807, 2.05) is 0 Å². The summed E-state index contributed by atoms with van der Waals surface area (Å²) in [5, 5.41) is 12.5. The Balaban J connectivity index is 1.85. The summed E-state index contributed by atoms with van der Waals surface area (Å²) in [4.78, 5) is 37.7. The number of aromatic carboxylic acids is 1. The fourth-order valence-electron chi connectivity index (χ4n) is 2.72. The van der Waals surface area contributed by atoms with Gasteiger partial charge in [0.2, 0.25) is 5.91 Å². The quantitative estimate of drug-likeness (QED) is 0.625. The minimum atomic E-state index is -1.35. The lowest BCUT2D eigenvalue weighted by Crippen LogP contribution is -2.25. The number of amides is 1. The van der Waals surface area contributed by atoms with Gasteiger partial charge in [-0.15, -0.1) is 0 Å². The van der Waals surface area contributed by atoms with Crippen LogP contribution in [0.4, 0.5) is 4.39 Å². The second-order valence-electron chi connectivity index (χ2n) is 5.89. The summed E-state index contributed by atoms with van der Waals surface area (Å²) in [6.07, 6.45) is -0.134. The van der Waals surface area contributed by atoms with Gasteiger partial charge in [-0.1, -0.05) is 29.8 Å². The number of hydrogen-bond acceptors (Lipinski definition) is 3. The Morgan fingerprint density at radius 1 is 1.15 bits per heavy atom. The van der Waals surface area contributed by atoms with Crippen LogP contribution in [0, 0.1) is 5.82 Å². The number of carboxylic acid groups (broad SMARTS) is 1. The molecule has 138 valence electrons. The number of carbonyl (C=O) groups excluding carboxylic acids is 1. The van der Waals surface area contributed by atoms with E-state index in [0.29, 0.717) is 21.5 Å². The number of rotatable bonds is 5. The number of nitrogens with one attached hydrogen (secondary N) is 2. The van der Waals surface area contributed by atoms with Gasteiger partial charge >= 0.3 is 5.97 Å². The van der Waals surface area contributed by atoms with Crippen LogP contribution in [0.1, 0.15) is 21.5 Å². The summed E-state index contributed by atoms with van der Waals surface area (Å²) in [6, 6.07) is 10.3. The van der Waals surface area contributed by atoms with Crippen molar-refractivity contribution in [1.82, 2.24) is 10.3 Å². The van der Waals surface area contributed by atoms with Crippen molar-refractivity contribution in [2.45, 2.75) is 13.0 Å². The monoisotopic (exact) mass is 388 g/mol. The number of carbonyl (C=O) groups is 2. The van der Waals surface area contributed by atoms with Crippen molar-refractivity contribution >= 4 is 34.4 Å². The van der Waals surface area contributed by atoms with E-state index in [1.54, 1.807) is 12.1 Å². The third kappa shape index (κ3) is 4.15. The number of pyridine rings is 1. The number of halogens is 2. The van der Waals surface area contributed by atoms with Gasteiger partial charge in [-0.3, -0.25) is 9.59 Å². The molecule has 3 rings (SSSR count). The lowest BCUT2D eigenvalue weighted by Gasteiger charge is -2.10. The summed E-state index contributed by atoms with van der Waals surface area (Å²) < 4.78 is 13.6. The van der Waals surface area contributed by atoms with E-state index in [9.17, 15) is 18.8 Å². The number of aromatic nitrogens is 1. The van der Waals surface area contributed by atoms with E-state index in [2.05, 4.69) is 10.3 Å². The molecule has 0 atom stereocenters. The van der Waals surface area contributed by atoms with Crippen LogP contribution >= 0.6 is 11.6 Å². The zero-order valence-electron chi connectivity index (χ0n) is 13.9. The van der Waals surface area contributed by atoms with Crippen molar-refractivity contribution in [1.29, 1.82) is 0 Å². The number of hydrogen-bond donors (Lipinski definition) is 3. The Labute approximate surface area is 157 Å². The zero-order valence-corrected chi connectivity index (χ0v) is 14.6. The molecule has 0 bridgehead atoms. The van der Waals surface area contributed by atoms with E-state index in [0.717, 1.165) is 0 Å². The second-order valence-corrected chi connectivity index (χ2v) is 6.33. The summed E-state index contributed by atoms with van der Waals surface area (Å²) in [7, 11) is 0. The van der Waals surface area contributed by atoms with E-state index in [1.165, 1.54) is 30.3 Å². The Morgan fingerprint density at radius 3 is 2.59 bits per heavy atom. The third-order valence-electron chi connectivity index (χ3n) is 4.01. The van der Waals surface area contributed by atoms with E-state index in [-0.39, 0.29) is 18.5 Å². The average Bonchev–Trinajstić information content (AvgIpc) is 2.61. The van der Waals surface area contributed by atoms with Crippen molar-refractivity contribution in [3.05, 3.63) is 80.3 Å². The molecule has 2 aromatic carbocycles. The number of benzene rings is 2. The molecular weight excluding hydrogens is 375 g/mol. The van der Waals surface area contributed by atoms with Gasteiger partial charge in [0.1, 0.15) is 11.4 Å². The van der Waals surface area contributed by atoms with Crippen LogP contribution in [-0.2, 0) is 17.8 Å². The molecule has 0 unspecified atom stereocenters. The molecular formula is C19H14ClFN2O4. The fourth-order valence-corrected chi connectivity index (χ4v) is 2.97. The number of fused-ring (bicyclic) bond motifs is 1. The highest BCUT2D eigenvalue weighted by molar-refractivity contribution is 6.31. The predicted molar refractivity (Wildman–Crippen MR) is 98.5 cm³/mol.